The standard InChI is InChI=1S/C7H9N.C7H8O2S/c1-6-4-2-3-5-7(6)8;1-6-2-4-7(5-3-6)10(8)9/h2-5H,8H2,1H3;2-5H,1H3,(H,8,9). The highest BCUT2D eigenvalue weighted by Gasteiger charge is 1.95. The Bertz CT molecular complexity index is 503. The molecule has 0 aliphatic carbocycles. The van der Waals surface area contributed by atoms with E-state index in [9.17, 15) is 4.21 Å². The Morgan fingerprint density at radius 2 is 1.56 bits per heavy atom. The molecule has 0 radical (unpaired) electrons. The lowest BCUT2D eigenvalue weighted by molar-refractivity contribution is 0.564. The highest BCUT2D eigenvalue weighted by molar-refractivity contribution is 7.79. The Balaban J connectivity index is 0.000000184. The van der Waals surface area contributed by atoms with Crippen LogP contribution < -0.4 is 5.73 Å². The normalized spacial score (nSPS) is 11.3. The summed E-state index contributed by atoms with van der Waals surface area (Å²) >= 11 is -1.84. The minimum atomic E-state index is -1.84. The van der Waals surface area contributed by atoms with Gasteiger partial charge in [0.2, 0.25) is 0 Å². The van der Waals surface area contributed by atoms with Crippen LogP contribution in [0.5, 0.6) is 0 Å². The molecule has 2 rings (SSSR count). The maximum absolute atomic E-state index is 10.4. The number of anilines is 1. The SMILES string of the molecule is Cc1ccc(S(=O)O)cc1.Cc1ccccc1N. The van der Waals surface area contributed by atoms with Crippen LogP contribution in [0.3, 0.4) is 0 Å². The third-order valence-corrected chi connectivity index (χ3v) is 3.09. The molecule has 0 aliphatic rings. The van der Waals surface area contributed by atoms with Crippen LogP contribution in [0.2, 0.25) is 0 Å². The van der Waals surface area contributed by atoms with Gasteiger partial charge in [0.05, 0.1) is 4.90 Å². The molecular formula is C14H17NO2S. The second kappa shape index (κ2) is 6.93. The van der Waals surface area contributed by atoms with E-state index in [1.165, 1.54) is 0 Å². The van der Waals surface area contributed by atoms with E-state index in [1.807, 2.05) is 50.2 Å². The quantitative estimate of drug-likeness (QED) is 0.613. The molecule has 2 aromatic carbocycles. The predicted molar refractivity (Wildman–Crippen MR) is 75.8 cm³/mol. The summed E-state index contributed by atoms with van der Waals surface area (Å²) in [5.41, 5.74) is 8.63. The Hall–Kier alpha value is -1.65. The fraction of sp³-hybridized carbons (Fsp3) is 0.143. The Morgan fingerprint density at radius 1 is 1.00 bits per heavy atom. The molecule has 3 nitrogen and oxygen atoms in total. The van der Waals surface area contributed by atoms with Gasteiger partial charge in [-0.2, -0.15) is 0 Å². The van der Waals surface area contributed by atoms with Crippen molar-refractivity contribution >= 4 is 16.8 Å². The van der Waals surface area contributed by atoms with Gasteiger partial charge in [0, 0.05) is 5.69 Å². The van der Waals surface area contributed by atoms with Crippen molar-refractivity contribution in [2.45, 2.75) is 18.7 Å². The summed E-state index contributed by atoms with van der Waals surface area (Å²) in [7, 11) is 0. The summed E-state index contributed by atoms with van der Waals surface area (Å²) in [6.07, 6.45) is 0. The van der Waals surface area contributed by atoms with Crippen molar-refractivity contribution in [1.82, 2.24) is 0 Å². The Labute approximate surface area is 110 Å². The van der Waals surface area contributed by atoms with Gasteiger partial charge in [-0.15, -0.1) is 0 Å². The van der Waals surface area contributed by atoms with Gasteiger partial charge in [0.25, 0.3) is 0 Å². The summed E-state index contributed by atoms with van der Waals surface area (Å²) in [4.78, 5) is 0.450. The van der Waals surface area contributed by atoms with Crippen LogP contribution in [0, 0.1) is 13.8 Å². The summed E-state index contributed by atoms with van der Waals surface area (Å²) < 4.78 is 19.0. The number of nitrogens with two attached hydrogens (primary N) is 1. The van der Waals surface area contributed by atoms with E-state index in [4.69, 9.17) is 10.3 Å². The van der Waals surface area contributed by atoms with Crippen LogP contribution in [0.4, 0.5) is 5.69 Å². The molecule has 0 bridgehead atoms. The third kappa shape index (κ3) is 4.69. The second-order valence-electron chi connectivity index (χ2n) is 3.92. The van der Waals surface area contributed by atoms with Gasteiger partial charge < -0.3 is 10.3 Å². The first-order chi connectivity index (χ1) is 8.50. The number of nitrogen functional groups attached to an aromatic ring is 1. The summed E-state index contributed by atoms with van der Waals surface area (Å²) in [5.74, 6) is 0. The molecule has 0 aromatic heterocycles. The van der Waals surface area contributed by atoms with E-state index in [2.05, 4.69) is 0 Å². The molecule has 4 heteroatoms. The van der Waals surface area contributed by atoms with E-state index in [1.54, 1.807) is 12.1 Å². The molecule has 0 amide bonds. The van der Waals surface area contributed by atoms with Crippen LogP contribution >= 0.6 is 0 Å². The maximum atomic E-state index is 10.4. The van der Waals surface area contributed by atoms with Gasteiger partial charge in [-0.25, -0.2) is 4.21 Å². The van der Waals surface area contributed by atoms with Crippen LogP contribution in [0.1, 0.15) is 11.1 Å². The van der Waals surface area contributed by atoms with E-state index in [-0.39, 0.29) is 0 Å². The molecule has 0 spiro atoms. The second-order valence-corrected chi connectivity index (χ2v) is 4.89. The fourth-order valence-electron chi connectivity index (χ4n) is 1.24. The van der Waals surface area contributed by atoms with Gasteiger partial charge in [-0.3, -0.25) is 0 Å². The molecule has 1 unspecified atom stereocenters. The van der Waals surface area contributed by atoms with Crippen molar-refractivity contribution in [1.29, 1.82) is 0 Å². The van der Waals surface area contributed by atoms with Crippen molar-refractivity contribution in [2.24, 2.45) is 0 Å². The number of hydrogen-bond acceptors (Lipinski definition) is 2. The first-order valence-corrected chi connectivity index (χ1v) is 6.60. The molecule has 2 aromatic rings. The maximum Gasteiger partial charge on any atom is 0.186 e. The molecule has 0 heterocycles. The number of benzene rings is 2. The van der Waals surface area contributed by atoms with Crippen molar-refractivity contribution in [3.8, 4) is 0 Å². The van der Waals surface area contributed by atoms with E-state index >= 15 is 0 Å². The molecule has 3 N–H and O–H groups in total. The largest absolute Gasteiger partial charge is 0.399 e. The highest BCUT2D eigenvalue weighted by atomic mass is 32.2. The average Bonchev–Trinajstić information content (AvgIpc) is 2.34. The lowest BCUT2D eigenvalue weighted by atomic mass is 10.2. The van der Waals surface area contributed by atoms with Gasteiger partial charge in [-0.1, -0.05) is 35.9 Å². The van der Waals surface area contributed by atoms with Crippen LogP contribution in [0.15, 0.2) is 53.4 Å². The van der Waals surface area contributed by atoms with E-state index < -0.39 is 11.1 Å². The molecule has 0 saturated heterocycles. The van der Waals surface area contributed by atoms with Crippen LogP contribution in [-0.2, 0) is 11.1 Å². The number of aryl methyl sites for hydroxylation is 2. The van der Waals surface area contributed by atoms with E-state index in [0.717, 1.165) is 16.8 Å². The Morgan fingerprint density at radius 3 is 1.94 bits per heavy atom. The third-order valence-electron chi connectivity index (χ3n) is 2.41. The fourth-order valence-corrected chi connectivity index (χ4v) is 1.61. The Kier molecular flexibility index (Phi) is 5.55. The first kappa shape index (κ1) is 14.4. The predicted octanol–water partition coefficient (Wildman–Crippen LogP) is 3.15. The zero-order chi connectivity index (χ0) is 13.5. The lowest BCUT2D eigenvalue weighted by Gasteiger charge is -1.93. The minimum absolute atomic E-state index is 0.450. The molecule has 1 atom stereocenters. The minimum Gasteiger partial charge on any atom is -0.399 e. The zero-order valence-corrected chi connectivity index (χ0v) is 11.3. The average molecular weight is 263 g/mol. The van der Waals surface area contributed by atoms with Crippen LogP contribution in [-0.4, -0.2) is 8.76 Å². The number of hydrogen-bond donors (Lipinski definition) is 2. The van der Waals surface area contributed by atoms with E-state index in [0.29, 0.717) is 4.90 Å². The van der Waals surface area contributed by atoms with Gasteiger partial charge in [0.1, 0.15) is 0 Å². The zero-order valence-electron chi connectivity index (χ0n) is 10.5. The van der Waals surface area contributed by atoms with Gasteiger partial charge in [0.15, 0.2) is 11.1 Å². The number of rotatable bonds is 1. The summed E-state index contributed by atoms with van der Waals surface area (Å²) in [5, 5.41) is 0. The first-order valence-electron chi connectivity index (χ1n) is 5.49. The molecule has 0 aliphatic heterocycles. The van der Waals surface area contributed by atoms with Gasteiger partial charge >= 0.3 is 0 Å². The van der Waals surface area contributed by atoms with Crippen molar-refractivity contribution in [2.75, 3.05) is 5.73 Å². The van der Waals surface area contributed by atoms with Crippen molar-refractivity contribution in [3.05, 3.63) is 59.7 Å². The van der Waals surface area contributed by atoms with Crippen molar-refractivity contribution in [3.63, 3.8) is 0 Å². The number of para-hydroxylation sites is 1. The molecular weight excluding hydrogens is 246 g/mol. The topological polar surface area (TPSA) is 63.3 Å². The highest BCUT2D eigenvalue weighted by Crippen LogP contribution is 2.06. The van der Waals surface area contributed by atoms with Crippen molar-refractivity contribution < 1.29 is 8.76 Å². The van der Waals surface area contributed by atoms with Gasteiger partial charge in [-0.05, 0) is 37.6 Å². The van der Waals surface area contributed by atoms with Crippen LogP contribution in [0.25, 0.3) is 0 Å². The molecule has 18 heavy (non-hydrogen) atoms. The monoisotopic (exact) mass is 263 g/mol. The molecule has 0 fully saturated rings. The molecule has 96 valence electrons. The smallest absolute Gasteiger partial charge is 0.186 e. The lowest BCUT2D eigenvalue weighted by Crippen LogP contribution is -1.86. The summed E-state index contributed by atoms with van der Waals surface area (Å²) in [6, 6.07) is 14.7. The summed E-state index contributed by atoms with van der Waals surface area (Å²) in [6.45, 7) is 3.93. The molecule has 0 saturated carbocycles.